The van der Waals surface area contributed by atoms with Crippen LogP contribution in [0.5, 0.6) is 0 Å². The van der Waals surface area contributed by atoms with E-state index in [9.17, 15) is 0 Å². The van der Waals surface area contributed by atoms with Crippen molar-refractivity contribution in [2.75, 3.05) is 0 Å². The van der Waals surface area contributed by atoms with Crippen molar-refractivity contribution in [3.63, 3.8) is 0 Å². The SMILES string of the molecule is Cc1nc(-c2ccc3ccccc3c2)c2c(n1)oc1ccccc12. The van der Waals surface area contributed by atoms with Gasteiger partial charge in [0.15, 0.2) is 0 Å². The van der Waals surface area contributed by atoms with Gasteiger partial charge in [-0.3, -0.25) is 0 Å². The summed E-state index contributed by atoms with van der Waals surface area (Å²) < 4.78 is 5.93. The van der Waals surface area contributed by atoms with Crippen LogP contribution in [0, 0.1) is 6.92 Å². The summed E-state index contributed by atoms with van der Waals surface area (Å²) in [5.41, 5.74) is 3.49. The maximum atomic E-state index is 5.93. The molecule has 0 unspecified atom stereocenters. The molecule has 3 heteroatoms. The molecule has 2 aromatic heterocycles. The number of benzene rings is 3. The van der Waals surface area contributed by atoms with E-state index in [1.165, 1.54) is 10.8 Å². The van der Waals surface area contributed by atoms with E-state index in [0.717, 1.165) is 27.6 Å². The number of hydrogen-bond acceptors (Lipinski definition) is 3. The molecule has 3 aromatic carbocycles. The van der Waals surface area contributed by atoms with Gasteiger partial charge in [-0.15, -0.1) is 0 Å². The van der Waals surface area contributed by atoms with Crippen LogP contribution >= 0.6 is 0 Å². The third-order valence-electron chi connectivity index (χ3n) is 4.37. The van der Waals surface area contributed by atoms with E-state index in [0.29, 0.717) is 11.5 Å². The lowest BCUT2D eigenvalue weighted by Crippen LogP contribution is -1.92. The van der Waals surface area contributed by atoms with Gasteiger partial charge in [0.2, 0.25) is 5.71 Å². The number of rotatable bonds is 1. The maximum Gasteiger partial charge on any atom is 0.231 e. The van der Waals surface area contributed by atoms with Crippen LogP contribution in [0.25, 0.3) is 44.1 Å². The monoisotopic (exact) mass is 310 g/mol. The minimum absolute atomic E-state index is 0.645. The van der Waals surface area contributed by atoms with Crippen molar-refractivity contribution in [2.24, 2.45) is 0 Å². The first kappa shape index (κ1) is 13.3. The third kappa shape index (κ3) is 1.91. The normalized spacial score (nSPS) is 11.5. The summed E-state index contributed by atoms with van der Waals surface area (Å²) in [6.07, 6.45) is 0. The summed E-state index contributed by atoms with van der Waals surface area (Å²) in [5.74, 6) is 0.713. The molecule has 0 saturated carbocycles. The Kier molecular flexibility index (Phi) is 2.71. The molecule has 0 spiro atoms. The Morgan fingerprint density at radius 2 is 1.58 bits per heavy atom. The van der Waals surface area contributed by atoms with Crippen LogP contribution in [-0.2, 0) is 0 Å². The summed E-state index contributed by atoms with van der Waals surface area (Å²) in [4.78, 5) is 9.21. The minimum atomic E-state index is 0.645. The summed E-state index contributed by atoms with van der Waals surface area (Å²) in [6, 6.07) is 22.8. The Hall–Kier alpha value is -3.20. The van der Waals surface area contributed by atoms with E-state index in [1.54, 1.807) is 0 Å². The van der Waals surface area contributed by atoms with Crippen molar-refractivity contribution in [1.29, 1.82) is 0 Å². The van der Waals surface area contributed by atoms with Gasteiger partial charge in [-0.05, 0) is 29.8 Å². The zero-order valence-corrected chi connectivity index (χ0v) is 13.2. The first-order valence-electron chi connectivity index (χ1n) is 7.95. The van der Waals surface area contributed by atoms with Crippen molar-refractivity contribution in [3.8, 4) is 11.3 Å². The van der Waals surface area contributed by atoms with Gasteiger partial charge < -0.3 is 4.42 Å². The fraction of sp³-hybridized carbons (Fsp3) is 0.0476. The van der Waals surface area contributed by atoms with Gasteiger partial charge in [0.1, 0.15) is 11.4 Å². The lowest BCUT2D eigenvalue weighted by atomic mass is 10.0. The number of nitrogens with zero attached hydrogens (tertiary/aromatic N) is 2. The maximum absolute atomic E-state index is 5.93. The van der Waals surface area contributed by atoms with Crippen LogP contribution in [0.15, 0.2) is 71.1 Å². The molecule has 0 N–H and O–H groups in total. The summed E-state index contributed by atoms with van der Waals surface area (Å²) >= 11 is 0. The average molecular weight is 310 g/mol. The molecule has 2 heterocycles. The smallest absolute Gasteiger partial charge is 0.231 e. The zero-order valence-electron chi connectivity index (χ0n) is 13.2. The van der Waals surface area contributed by atoms with E-state index in [-0.39, 0.29) is 0 Å². The lowest BCUT2D eigenvalue weighted by molar-refractivity contribution is 0.651. The van der Waals surface area contributed by atoms with Gasteiger partial charge in [-0.25, -0.2) is 4.98 Å². The molecule has 0 amide bonds. The first-order chi connectivity index (χ1) is 11.8. The number of furan rings is 1. The molecular weight excluding hydrogens is 296 g/mol. The van der Waals surface area contributed by atoms with Gasteiger partial charge in [0, 0.05) is 10.9 Å². The summed E-state index contributed by atoms with van der Waals surface area (Å²) in [7, 11) is 0. The molecule has 0 aliphatic rings. The fourth-order valence-electron chi connectivity index (χ4n) is 3.28. The molecule has 0 saturated heterocycles. The minimum Gasteiger partial charge on any atom is -0.438 e. The highest BCUT2D eigenvalue weighted by molar-refractivity contribution is 6.10. The number of aromatic nitrogens is 2. The van der Waals surface area contributed by atoms with Gasteiger partial charge >= 0.3 is 0 Å². The standard InChI is InChI=1S/C21H14N2O/c1-13-22-20(16-11-10-14-6-2-3-7-15(14)12-16)19-17-8-4-5-9-18(17)24-21(19)23-13/h2-12H,1H3. The van der Waals surface area contributed by atoms with Gasteiger partial charge in [-0.1, -0.05) is 54.6 Å². The van der Waals surface area contributed by atoms with Crippen LogP contribution in [0.4, 0.5) is 0 Å². The largest absolute Gasteiger partial charge is 0.438 e. The second-order valence-corrected chi connectivity index (χ2v) is 5.96. The molecule has 24 heavy (non-hydrogen) atoms. The Morgan fingerprint density at radius 3 is 2.50 bits per heavy atom. The van der Waals surface area contributed by atoms with Crippen molar-refractivity contribution < 1.29 is 4.42 Å². The molecule has 5 rings (SSSR count). The van der Waals surface area contributed by atoms with Gasteiger partial charge in [0.05, 0.1) is 11.1 Å². The molecule has 0 radical (unpaired) electrons. The number of para-hydroxylation sites is 1. The molecule has 5 aromatic rings. The zero-order chi connectivity index (χ0) is 16.1. The van der Waals surface area contributed by atoms with E-state index < -0.39 is 0 Å². The summed E-state index contributed by atoms with van der Waals surface area (Å²) in [6.45, 7) is 1.90. The Bertz CT molecular complexity index is 1220. The number of aryl methyl sites for hydroxylation is 1. The van der Waals surface area contributed by atoms with Crippen LogP contribution in [0.3, 0.4) is 0 Å². The number of hydrogen-bond donors (Lipinski definition) is 0. The van der Waals surface area contributed by atoms with Crippen molar-refractivity contribution in [3.05, 3.63) is 72.6 Å². The molecule has 0 aliphatic heterocycles. The second kappa shape index (κ2) is 4.90. The number of fused-ring (bicyclic) bond motifs is 4. The Morgan fingerprint density at radius 1 is 0.792 bits per heavy atom. The summed E-state index contributed by atoms with van der Waals surface area (Å²) in [5, 5.41) is 4.45. The molecular formula is C21H14N2O. The molecule has 0 bridgehead atoms. The topological polar surface area (TPSA) is 38.9 Å². The lowest BCUT2D eigenvalue weighted by Gasteiger charge is -2.06. The highest BCUT2D eigenvalue weighted by Gasteiger charge is 2.16. The average Bonchev–Trinajstić information content (AvgIpc) is 2.98. The molecule has 0 aliphatic carbocycles. The highest BCUT2D eigenvalue weighted by Crippen LogP contribution is 2.35. The molecule has 0 atom stereocenters. The third-order valence-corrected chi connectivity index (χ3v) is 4.37. The van der Waals surface area contributed by atoms with Crippen LogP contribution < -0.4 is 0 Å². The van der Waals surface area contributed by atoms with Crippen molar-refractivity contribution >= 4 is 32.8 Å². The Balaban J connectivity index is 1.90. The van der Waals surface area contributed by atoms with Gasteiger partial charge in [-0.2, -0.15) is 4.98 Å². The van der Waals surface area contributed by atoms with Crippen LogP contribution in [0.1, 0.15) is 5.82 Å². The predicted molar refractivity (Wildman–Crippen MR) is 97.0 cm³/mol. The van der Waals surface area contributed by atoms with E-state index in [2.05, 4.69) is 53.5 Å². The quantitative estimate of drug-likeness (QED) is 0.410. The molecule has 114 valence electrons. The first-order valence-corrected chi connectivity index (χ1v) is 7.95. The molecule has 0 fully saturated rings. The highest BCUT2D eigenvalue weighted by atomic mass is 16.3. The molecule has 3 nitrogen and oxygen atoms in total. The van der Waals surface area contributed by atoms with E-state index in [4.69, 9.17) is 9.40 Å². The predicted octanol–water partition coefficient (Wildman–Crippen LogP) is 5.50. The van der Waals surface area contributed by atoms with Crippen molar-refractivity contribution in [1.82, 2.24) is 9.97 Å². The van der Waals surface area contributed by atoms with Gasteiger partial charge in [0.25, 0.3) is 0 Å². The van der Waals surface area contributed by atoms with Crippen molar-refractivity contribution in [2.45, 2.75) is 6.92 Å². The fourth-order valence-corrected chi connectivity index (χ4v) is 3.28. The van der Waals surface area contributed by atoms with E-state index >= 15 is 0 Å². The second-order valence-electron chi connectivity index (χ2n) is 5.96. The Labute approximate surface area is 138 Å². The van der Waals surface area contributed by atoms with E-state index in [1.807, 2.05) is 25.1 Å². The van der Waals surface area contributed by atoms with Crippen LogP contribution in [-0.4, -0.2) is 9.97 Å². The van der Waals surface area contributed by atoms with Crippen LogP contribution in [0.2, 0.25) is 0 Å².